The highest BCUT2D eigenvalue weighted by molar-refractivity contribution is 9.10. The van der Waals surface area contributed by atoms with Crippen LogP contribution in [0.4, 0.5) is 4.39 Å². The number of hydrogen-bond acceptors (Lipinski definition) is 2. The zero-order valence-electron chi connectivity index (χ0n) is 6.97. The van der Waals surface area contributed by atoms with Gasteiger partial charge in [0.15, 0.2) is 11.6 Å². The molecule has 0 heterocycles. The molecule has 0 saturated carbocycles. The Morgan fingerprint density at radius 2 is 2.29 bits per heavy atom. The van der Waals surface area contributed by atoms with E-state index in [4.69, 9.17) is 16.7 Å². The molecule has 0 radical (unpaired) electrons. The molecule has 0 aliphatic rings. The van der Waals surface area contributed by atoms with Crippen LogP contribution in [0.3, 0.4) is 0 Å². The molecule has 14 heavy (non-hydrogen) atoms. The summed E-state index contributed by atoms with van der Waals surface area (Å²) in [5.74, 6) is -2.64. The van der Waals surface area contributed by atoms with Crippen molar-refractivity contribution in [3.05, 3.63) is 26.9 Å². The molecule has 0 unspecified atom stereocenters. The molecule has 0 aliphatic carbocycles. The Balaban J connectivity index is 3.52. The molecule has 0 atom stereocenters. The first kappa shape index (κ1) is 11.3. The van der Waals surface area contributed by atoms with Gasteiger partial charge in [0.2, 0.25) is 0 Å². The average molecular weight is 283 g/mol. The highest BCUT2D eigenvalue weighted by atomic mass is 79.9. The third kappa shape index (κ3) is 1.83. The summed E-state index contributed by atoms with van der Waals surface area (Å²) in [6.45, 7) is 0. The van der Waals surface area contributed by atoms with E-state index in [1.54, 1.807) is 0 Å². The maximum Gasteiger partial charge on any atom is 0.339 e. The number of carboxylic acid groups (broad SMARTS) is 1. The van der Waals surface area contributed by atoms with Gasteiger partial charge in [0.05, 0.1) is 12.1 Å². The number of benzene rings is 1. The van der Waals surface area contributed by atoms with Crippen molar-refractivity contribution in [2.24, 2.45) is 0 Å². The molecular weight excluding hydrogens is 278 g/mol. The minimum Gasteiger partial charge on any atom is -0.492 e. The summed E-state index contributed by atoms with van der Waals surface area (Å²) in [6.07, 6.45) is 0. The number of carbonyl (C=O) groups is 1. The van der Waals surface area contributed by atoms with Crippen molar-refractivity contribution in [1.29, 1.82) is 0 Å². The fraction of sp³-hybridized carbons (Fsp3) is 0.125. The highest BCUT2D eigenvalue weighted by Gasteiger charge is 2.21. The Labute approximate surface area is 92.6 Å². The first-order chi connectivity index (χ1) is 6.49. The first-order valence-corrected chi connectivity index (χ1v) is 4.61. The van der Waals surface area contributed by atoms with E-state index in [2.05, 4.69) is 20.7 Å². The normalized spacial score (nSPS) is 10.0. The summed E-state index contributed by atoms with van der Waals surface area (Å²) in [4.78, 5) is 10.7. The van der Waals surface area contributed by atoms with Crippen LogP contribution < -0.4 is 4.74 Å². The summed E-state index contributed by atoms with van der Waals surface area (Å²) in [5, 5.41) is 8.70. The Morgan fingerprint density at radius 3 is 2.71 bits per heavy atom. The summed E-state index contributed by atoms with van der Waals surface area (Å²) >= 11 is 8.52. The van der Waals surface area contributed by atoms with Crippen LogP contribution in [-0.2, 0) is 0 Å². The van der Waals surface area contributed by atoms with Crippen LogP contribution in [0, 0.1) is 5.82 Å². The number of rotatable bonds is 2. The standard InChI is InChI=1S/C8H5BrClFO3/c1-14-7-4(10)2-3(9)5(6(7)11)8(12)13/h2H,1H3,(H,12,13). The van der Waals surface area contributed by atoms with Crippen LogP contribution in [0.1, 0.15) is 10.4 Å². The Morgan fingerprint density at radius 1 is 1.71 bits per heavy atom. The van der Waals surface area contributed by atoms with Gasteiger partial charge in [-0.2, -0.15) is 0 Å². The molecule has 0 fully saturated rings. The summed E-state index contributed by atoms with van der Waals surface area (Å²) in [5.41, 5.74) is -0.494. The Kier molecular flexibility index (Phi) is 3.34. The van der Waals surface area contributed by atoms with E-state index in [9.17, 15) is 9.18 Å². The molecule has 1 aromatic rings. The quantitative estimate of drug-likeness (QED) is 0.907. The lowest BCUT2D eigenvalue weighted by Crippen LogP contribution is -2.04. The molecule has 0 spiro atoms. The van der Waals surface area contributed by atoms with Gasteiger partial charge in [0.25, 0.3) is 0 Å². The van der Waals surface area contributed by atoms with Crippen molar-refractivity contribution >= 4 is 33.5 Å². The third-order valence-electron chi connectivity index (χ3n) is 1.55. The molecule has 3 nitrogen and oxygen atoms in total. The van der Waals surface area contributed by atoms with Gasteiger partial charge in [-0.15, -0.1) is 0 Å². The van der Waals surface area contributed by atoms with Crippen molar-refractivity contribution < 1.29 is 19.0 Å². The molecule has 1 rings (SSSR count). The van der Waals surface area contributed by atoms with Gasteiger partial charge in [0, 0.05) is 4.47 Å². The SMILES string of the molecule is COc1c(Cl)cc(Br)c(C(=O)O)c1F. The van der Waals surface area contributed by atoms with Crippen molar-refractivity contribution in [2.75, 3.05) is 7.11 Å². The summed E-state index contributed by atoms with van der Waals surface area (Å²) in [6, 6.07) is 1.27. The van der Waals surface area contributed by atoms with Gasteiger partial charge in [-0.05, 0) is 22.0 Å². The van der Waals surface area contributed by atoms with E-state index in [0.717, 1.165) is 0 Å². The zero-order valence-corrected chi connectivity index (χ0v) is 9.32. The Bertz CT molecular complexity index is 395. The van der Waals surface area contributed by atoms with E-state index >= 15 is 0 Å². The maximum atomic E-state index is 13.4. The number of ether oxygens (including phenoxy) is 1. The van der Waals surface area contributed by atoms with Gasteiger partial charge in [0.1, 0.15) is 5.56 Å². The summed E-state index contributed by atoms with van der Waals surface area (Å²) < 4.78 is 18.1. The maximum absolute atomic E-state index is 13.4. The predicted molar refractivity (Wildman–Crippen MR) is 52.6 cm³/mol. The lowest BCUT2D eigenvalue weighted by molar-refractivity contribution is 0.0690. The van der Waals surface area contributed by atoms with Gasteiger partial charge in [-0.3, -0.25) is 0 Å². The molecule has 0 aromatic heterocycles. The van der Waals surface area contributed by atoms with Gasteiger partial charge < -0.3 is 9.84 Å². The topological polar surface area (TPSA) is 46.5 Å². The van der Waals surface area contributed by atoms with E-state index < -0.39 is 17.3 Å². The van der Waals surface area contributed by atoms with E-state index in [1.807, 2.05) is 0 Å². The minimum atomic E-state index is -1.38. The lowest BCUT2D eigenvalue weighted by Gasteiger charge is -2.08. The second kappa shape index (κ2) is 4.14. The van der Waals surface area contributed by atoms with Crippen molar-refractivity contribution in [3.63, 3.8) is 0 Å². The van der Waals surface area contributed by atoms with Crippen molar-refractivity contribution in [3.8, 4) is 5.75 Å². The fourth-order valence-corrected chi connectivity index (χ4v) is 1.93. The van der Waals surface area contributed by atoms with Gasteiger partial charge >= 0.3 is 5.97 Å². The molecule has 0 aliphatic heterocycles. The molecule has 0 amide bonds. The third-order valence-corrected chi connectivity index (χ3v) is 2.45. The smallest absolute Gasteiger partial charge is 0.339 e. The lowest BCUT2D eigenvalue weighted by atomic mass is 10.2. The average Bonchev–Trinajstić information content (AvgIpc) is 2.02. The van der Waals surface area contributed by atoms with Crippen LogP contribution >= 0.6 is 27.5 Å². The molecule has 1 aromatic carbocycles. The highest BCUT2D eigenvalue weighted by Crippen LogP contribution is 2.34. The predicted octanol–water partition coefficient (Wildman–Crippen LogP) is 2.95. The van der Waals surface area contributed by atoms with Crippen LogP contribution in [-0.4, -0.2) is 18.2 Å². The monoisotopic (exact) mass is 282 g/mol. The first-order valence-electron chi connectivity index (χ1n) is 3.43. The second-order valence-corrected chi connectivity index (χ2v) is 3.63. The Hall–Kier alpha value is -0.810. The molecule has 0 saturated heterocycles. The fourth-order valence-electron chi connectivity index (χ4n) is 0.955. The van der Waals surface area contributed by atoms with Crippen LogP contribution in [0.25, 0.3) is 0 Å². The van der Waals surface area contributed by atoms with Gasteiger partial charge in [-0.25, -0.2) is 9.18 Å². The number of carboxylic acids is 1. The van der Waals surface area contributed by atoms with Crippen LogP contribution in [0.5, 0.6) is 5.75 Å². The molecule has 1 N–H and O–H groups in total. The van der Waals surface area contributed by atoms with E-state index in [0.29, 0.717) is 0 Å². The molecule has 76 valence electrons. The molecular formula is C8H5BrClFO3. The van der Waals surface area contributed by atoms with Crippen molar-refractivity contribution in [2.45, 2.75) is 0 Å². The number of aromatic carboxylic acids is 1. The van der Waals surface area contributed by atoms with E-state index in [-0.39, 0.29) is 15.2 Å². The van der Waals surface area contributed by atoms with Gasteiger partial charge in [-0.1, -0.05) is 11.6 Å². The number of methoxy groups -OCH3 is 1. The van der Waals surface area contributed by atoms with Crippen molar-refractivity contribution in [1.82, 2.24) is 0 Å². The van der Waals surface area contributed by atoms with Crippen LogP contribution in [0.2, 0.25) is 5.02 Å². The minimum absolute atomic E-state index is 0.0156. The second-order valence-electron chi connectivity index (χ2n) is 2.37. The number of halogens is 3. The van der Waals surface area contributed by atoms with E-state index in [1.165, 1.54) is 13.2 Å². The largest absolute Gasteiger partial charge is 0.492 e. The molecule has 6 heteroatoms. The number of hydrogen-bond donors (Lipinski definition) is 1. The molecule has 0 bridgehead atoms. The van der Waals surface area contributed by atoms with Crippen LogP contribution in [0.15, 0.2) is 10.5 Å². The summed E-state index contributed by atoms with van der Waals surface area (Å²) in [7, 11) is 1.21. The zero-order chi connectivity index (χ0) is 10.9.